The van der Waals surface area contributed by atoms with Crippen molar-refractivity contribution in [1.29, 1.82) is 0 Å². The molecule has 96 valence electrons. The van der Waals surface area contributed by atoms with Gasteiger partial charge in [0.15, 0.2) is 0 Å². The summed E-state index contributed by atoms with van der Waals surface area (Å²) in [5.74, 6) is 0. The second kappa shape index (κ2) is 4.98. The van der Waals surface area contributed by atoms with Crippen LogP contribution in [0.15, 0.2) is 6.20 Å². The summed E-state index contributed by atoms with van der Waals surface area (Å²) < 4.78 is 2.39. The van der Waals surface area contributed by atoms with Crippen molar-refractivity contribution in [3.63, 3.8) is 0 Å². The van der Waals surface area contributed by atoms with Crippen molar-refractivity contribution in [1.82, 2.24) is 20.3 Å². The Balaban J connectivity index is 1.97. The zero-order valence-corrected chi connectivity index (χ0v) is 11.9. The molecule has 2 atom stereocenters. The summed E-state index contributed by atoms with van der Waals surface area (Å²) in [6.45, 7) is 7.63. The van der Waals surface area contributed by atoms with Gasteiger partial charge in [0.1, 0.15) is 0 Å². The van der Waals surface area contributed by atoms with E-state index < -0.39 is 0 Å². The van der Waals surface area contributed by atoms with Gasteiger partial charge in [-0.2, -0.15) is 11.8 Å². The van der Waals surface area contributed by atoms with Crippen molar-refractivity contribution < 1.29 is 0 Å². The number of hydrogen-bond donors (Lipinski definition) is 1. The van der Waals surface area contributed by atoms with Crippen LogP contribution in [0.5, 0.6) is 0 Å². The zero-order chi connectivity index (χ0) is 12.5. The molecule has 0 spiro atoms. The van der Waals surface area contributed by atoms with E-state index in [1.165, 1.54) is 12.8 Å². The quantitative estimate of drug-likeness (QED) is 0.895. The van der Waals surface area contributed by atoms with Gasteiger partial charge in [0.05, 0.1) is 17.9 Å². The van der Waals surface area contributed by atoms with Crippen LogP contribution in [-0.2, 0) is 6.54 Å². The number of rotatable bonds is 4. The van der Waals surface area contributed by atoms with Gasteiger partial charge in [-0.05, 0) is 19.9 Å². The van der Waals surface area contributed by atoms with E-state index in [4.69, 9.17) is 0 Å². The minimum absolute atomic E-state index is 0.331. The summed E-state index contributed by atoms with van der Waals surface area (Å²) in [4.78, 5) is 0. The molecule has 1 aromatic rings. The molecular weight excluding hydrogens is 232 g/mol. The van der Waals surface area contributed by atoms with Gasteiger partial charge >= 0.3 is 0 Å². The Morgan fingerprint density at radius 3 is 2.76 bits per heavy atom. The van der Waals surface area contributed by atoms with E-state index in [1.54, 1.807) is 0 Å². The first-order chi connectivity index (χ1) is 7.99. The van der Waals surface area contributed by atoms with Crippen molar-refractivity contribution in [2.45, 2.75) is 56.2 Å². The summed E-state index contributed by atoms with van der Waals surface area (Å²) in [6.07, 6.45) is 4.61. The molecule has 1 N–H and O–H groups in total. The highest BCUT2D eigenvalue weighted by molar-refractivity contribution is 8.01. The first-order valence-corrected chi connectivity index (χ1v) is 7.11. The summed E-state index contributed by atoms with van der Waals surface area (Å²) >= 11 is 2.06. The van der Waals surface area contributed by atoms with Crippen molar-refractivity contribution in [3.05, 3.63) is 11.9 Å². The normalized spacial score (nSPS) is 24.7. The van der Waals surface area contributed by atoms with Gasteiger partial charge in [-0.15, -0.1) is 5.10 Å². The fourth-order valence-electron chi connectivity index (χ4n) is 2.08. The molecule has 0 aromatic carbocycles. The van der Waals surface area contributed by atoms with Crippen molar-refractivity contribution >= 4 is 11.8 Å². The molecule has 2 rings (SSSR count). The van der Waals surface area contributed by atoms with Crippen molar-refractivity contribution in [3.8, 4) is 0 Å². The van der Waals surface area contributed by atoms with E-state index in [1.807, 2.05) is 7.05 Å². The Hall–Kier alpha value is -0.550. The van der Waals surface area contributed by atoms with Gasteiger partial charge in [0.25, 0.3) is 0 Å². The van der Waals surface area contributed by atoms with Crippen molar-refractivity contribution in [2.75, 3.05) is 7.05 Å². The summed E-state index contributed by atoms with van der Waals surface area (Å²) in [6, 6.07) is 0.539. The maximum atomic E-state index is 4.25. The Morgan fingerprint density at radius 1 is 1.47 bits per heavy atom. The molecule has 0 saturated heterocycles. The average Bonchev–Trinajstić information content (AvgIpc) is 2.61. The second-order valence-corrected chi connectivity index (χ2v) is 7.70. The molecule has 0 bridgehead atoms. The first-order valence-electron chi connectivity index (χ1n) is 6.23. The van der Waals surface area contributed by atoms with E-state index in [2.05, 4.69) is 59.0 Å². The molecule has 0 radical (unpaired) electrons. The molecule has 1 fully saturated rings. The highest BCUT2D eigenvalue weighted by atomic mass is 32.2. The maximum absolute atomic E-state index is 4.25. The van der Waals surface area contributed by atoms with Crippen LogP contribution in [0.25, 0.3) is 0 Å². The van der Waals surface area contributed by atoms with Gasteiger partial charge in [-0.3, -0.25) is 0 Å². The fourth-order valence-corrected chi connectivity index (χ4v) is 3.66. The maximum Gasteiger partial charge on any atom is 0.0964 e. The Morgan fingerprint density at radius 2 is 2.24 bits per heavy atom. The van der Waals surface area contributed by atoms with Crippen LogP contribution in [-0.4, -0.2) is 32.0 Å². The number of hydrogen-bond acceptors (Lipinski definition) is 4. The summed E-state index contributed by atoms with van der Waals surface area (Å²) in [5.41, 5.74) is 1.03. The van der Waals surface area contributed by atoms with Crippen LogP contribution < -0.4 is 5.32 Å². The lowest BCUT2D eigenvalue weighted by atomic mass is 9.92. The van der Waals surface area contributed by atoms with Crippen LogP contribution in [0.4, 0.5) is 0 Å². The molecule has 17 heavy (non-hydrogen) atoms. The van der Waals surface area contributed by atoms with E-state index in [-0.39, 0.29) is 0 Å². The largest absolute Gasteiger partial charge is 0.314 e. The SMILES string of the molecule is CNCc1cn(C2CCC2SC(C)(C)C)nn1. The Bertz CT molecular complexity index is 369. The van der Waals surface area contributed by atoms with Crippen LogP contribution in [0.2, 0.25) is 0 Å². The van der Waals surface area contributed by atoms with E-state index >= 15 is 0 Å². The van der Waals surface area contributed by atoms with Gasteiger partial charge < -0.3 is 5.32 Å². The van der Waals surface area contributed by atoms with E-state index in [0.29, 0.717) is 16.0 Å². The molecule has 1 saturated carbocycles. The molecule has 2 unspecified atom stereocenters. The molecule has 1 aliphatic rings. The standard InChI is InChI=1S/C12H22N4S/c1-12(2,3)17-11-6-5-10(11)16-8-9(7-13-4)14-15-16/h8,10-11,13H,5-7H2,1-4H3. The predicted molar refractivity (Wildman–Crippen MR) is 72.2 cm³/mol. The van der Waals surface area contributed by atoms with Gasteiger partial charge in [0, 0.05) is 16.5 Å². The molecule has 4 nitrogen and oxygen atoms in total. The molecule has 1 heterocycles. The molecular formula is C12H22N4S. The van der Waals surface area contributed by atoms with Crippen LogP contribution in [0.1, 0.15) is 45.3 Å². The smallest absolute Gasteiger partial charge is 0.0964 e. The zero-order valence-electron chi connectivity index (χ0n) is 11.1. The lowest BCUT2D eigenvalue weighted by Crippen LogP contribution is -2.34. The Kier molecular flexibility index (Phi) is 3.78. The van der Waals surface area contributed by atoms with Gasteiger partial charge in [0.2, 0.25) is 0 Å². The number of nitrogens with zero attached hydrogens (tertiary/aromatic N) is 3. The first kappa shape index (κ1) is 12.9. The topological polar surface area (TPSA) is 42.7 Å². The average molecular weight is 254 g/mol. The molecule has 0 aliphatic heterocycles. The Labute approximate surface area is 108 Å². The molecule has 0 amide bonds. The van der Waals surface area contributed by atoms with Crippen LogP contribution >= 0.6 is 11.8 Å². The fraction of sp³-hybridized carbons (Fsp3) is 0.833. The third kappa shape index (κ3) is 3.22. The van der Waals surface area contributed by atoms with Crippen LogP contribution in [0.3, 0.4) is 0 Å². The van der Waals surface area contributed by atoms with E-state index in [0.717, 1.165) is 12.2 Å². The monoisotopic (exact) mass is 254 g/mol. The molecule has 5 heteroatoms. The minimum Gasteiger partial charge on any atom is -0.314 e. The molecule has 1 aromatic heterocycles. The predicted octanol–water partition coefficient (Wildman–Crippen LogP) is 2.23. The second-order valence-electron chi connectivity index (χ2n) is 5.63. The highest BCUT2D eigenvalue weighted by Gasteiger charge is 2.36. The molecule has 1 aliphatic carbocycles. The number of aromatic nitrogens is 3. The minimum atomic E-state index is 0.331. The van der Waals surface area contributed by atoms with Crippen molar-refractivity contribution in [2.24, 2.45) is 0 Å². The third-order valence-electron chi connectivity index (χ3n) is 2.94. The van der Waals surface area contributed by atoms with E-state index in [9.17, 15) is 0 Å². The number of nitrogens with one attached hydrogen (secondary N) is 1. The number of thioether (sulfide) groups is 1. The highest BCUT2D eigenvalue weighted by Crippen LogP contribution is 2.45. The lowest BCUT2D eigenvalue weighted by Gasteiger charge is -2.39. The summed E-state index contributed by atoms with van der Waals surface area (Å²) in [7, 11) is 1.93. The van der Waals surface area contributed by atoms with Crippen LogP contribution in [0, 0.1) is 0 Å². The summed E-state index contributed by atoms with van der Waals surface area (Å²) in [5, 5.41) is 12.2. The van der Waals surface area contributed by atoms with Gasteiger partial charge in [-0.25, -0.2) is 4.68 Å². The third-order valence-corrected chi connectivity index (χ3v) is 4.50. The lowest BCUT2D eigenvalue weighted by molar-refractivity contribution is 0.296. The van der Waals surface area contributed by atoms with Gasteiger partial charge in [-0.1, -0.05) is 26.0 Å².